The fourth-order valence-electron chi connectivity index (χ4n) is 5.41. The zero-order chi connectivity index (χ0) is 23.5. The van der Waals surface area contributed by atoms with Crippen molar-refractivity contribution in [2.24, 2.45) is 13.0 Å². The summed E-state index contributed by atoms with van der Waals surface area (Å²) in [6, 6.07) is 8.76. The predicted octanol–water partition coefficient (Wildman–Crippen LogP) is 3.64. The van der Waals surface area contributed by atoms with Gasteiger partial charge in [-0.1, -0.05) is 38.3 Å². The molecule has 2 aromatic heterocycles. The lowest BCUT2D eigenvalue weighted by Crippen LogP contribution is -2.36. The third kappa shape index (κ3) is 4.82. The summed E-state index contributed by atoms with van der Waals surface area (Å²) in [7, 11) is 1.82. The first kappa shape index (κ1) is 22.9. The topological polar surface area (TPSA) is 79.3 Å². The zero-order valence-electron chi connectivity index (χ0n) is 20.4. The second kappa shape index (κ2) is 10.2. The molecule has 34 heavy (non-hydrogen) atoms. The first-order valence-electron chi connectivity index (χ1n) is 12.7. The van der Waals surface area contributed by atoms with Crippen LogP contribution in [-0.4, -0.2) is 52.6 Å². The minimum Gasteiger partial charge on any atom is -0.378 e. The van der Waals surface area contributed by atoms with Crippen LogP contribution in [0.5, 0.6) is 0 Å². The van der Waals surface area contributed by atoms with E-state index in [1.54, 1.807) is 4.68 Å². The van der Waals surface area contributed by atoms with Gasteiger partial charge >= 0.3 is 0 Å². The number of aromatic nitrogens is 4. The molecule has 1 saturated heterocycles. The molecule has 0 unspecified atom stereocenters. The quantitative estimate of drug-likeness (QED) is 0.548. The lowest BCUT2D eigenvalue weighted by Gasteiger charge is -2.30. The Labute approximate surface area is 200 Å². The van der Waals surface area contributed by atoms with Crippen LogP contribution in [0.25, 0.3) is 11.0 Å². The molecule has 182 valence electrons. The zero-order valence-corrected chi connectivity index (χ0v) is 20.4. The fraction of sp³-hybridized carbons (Fsp3) is 0.577. The summed E-state index contributed by atoms with van der Waals surface area (Å²) < 4.78 is 7.19. The molecule has 0 bridgehead atoms. The maximum Gasteiger partial charge on any atom is 0.278 e. The Balaban J connectivity index is 1.48. The van der Waals surface area contributed by atoms with E-state index in [-0.39, 0.29) is 5.56 Å². The highest BCUT2D eigenvalue weighted by Crippen LogP contribution is 2.28. The molecule has 8 heteroatoms. The van der Waals surface area contributed by atoms with E-state index in [1.807, 2.05) is 7.05 Å². The Morgan fingerprint density at radius 1 is 1.21 bits per heavy atom. The second-order valence-electron chi connectivity index (χ2n) is 9.71. The molecule has 0 atom stereocenters. The van der Waals surface area contributed by atoms with Crippen molar-refractivity contribution in [2.75, 3.05) is 42.6 Å². The van der Waals surface area contributed by atoms with Crippen molar-refractivity contribution in [3.8, 4) is 0 Å². The van der Waals surface area contributed by atoms with E-state index < -0.39 is 0 Å². The van der Waals surface area contributed by atoms with Crippen molar-refractivity contribution in [1.82, 2.24) is 19.7 Å². The third-order valence-electron chi connectivity index (χ3n) is 7.15. The largest absolute Gasteiger partial charge is 0.378 e. The smallest absolute Gasteiger partial charge is 0.278 e. The molecule has 5 rings (SSSR count). The standard InChI is InChI=1S/C26H36N6O2/c1-3-7-22-23-24(30(2)29-22)25(33)28-26(27-23)32(17-19-8-4-5-9-19)18-20-10-6-11-21(16-20)31-12-14-34-15-13-31/h6,10-11,16,19H,3-5,7-9,12-15,17-18H2,1-2H3,(H,27,28,33). The van der Waals surface area contributed by atoms with E-state index in [2.05, 4.69) is 51.1 Å². The number of rotatable bonds is 8. The van der Waals surface area contributed by atoms with E-state index in [9.17, 15) is 4.79 Å². The minimum absolute atomic E-state index is 0.115. The van der Waals surface area contributed by atoms with Gasteiger partial charge in [0.1, 0.15) is 5.52 Å². The van der Waals surface area contributed by atoms with Crippen LogP contribution in [0.4, 0.5) is 11.6 Å². The van der Waals surface area contributed by atoms with Gasteiger partial charge in [-0.3, -0.25) is 14.5 Å². The van der Waals surface area contributed by atoms with Gasteiger partial charge in [0.2, 0.25) is 5.95 Å². The average molecular weight is 465 g/mol. The molecular weight excluding hydrogens is 428 g/mol. The molecule has 2 fully saturated rings. The molecule has 1 aliphatic heterocycles. The van der Waals surface area contributed by atoms with Gasteiger partial charge in [-0.15, -0.1) is 0 Å². The molecule has 1 N–H and O–H groups in total. The van der Waals surface area contributed by atoms with E-state index in [1.165, 1.54) is 36.9 Å². The number of aromatic amines is 1. The Bertz CT molecular complexity index is 1170. The number of hydrogen-bond acceptors (Lipinski definition) is 6. The van der Waals surface area contributed by atoms with Gasteiger partial charge in [0.05, 0.1) is 18.9 Å². The number of nitrogens with one attached hydrogen (secondary N) is 1. The van der Waals surface area contributed by atoms with E-state index in [4.69, 9.17) is 9.72 Å². The molecule has 3 aromatic rings. The maximum atomic E-state index is 13.1. The minimum atomic E-state index is -0.115. The number of benzene rings is 1. The molecule has 8 nitrogen and oxygen atoms in total. The number of ether oxygens (including phenoxy) is 1. The molecule has 1 saturated carbocycles. The molecule has 0 radical (unpaired) electrons. The Morgan fingerprint density at radius 2 is 2.00 bits per heavy atom. The van der Waals surface area contributed by atoms with Crippen LogP contribution < -0.4 is 15.4 Å². The molecule has 0 amide bonds. The summed E-state index contributed by atoms with van der Waals surface area (Å²) >= 11 is 0. The highest BCUT2D eigenvalue weighted by Gasteiger charge is 2.23. The Morgan fingerprint density at radius 3 is 2.76 bits per heavy atom. The Hall–Kier alpha value is -2.87. The average Bonchev–Trinajstić information content (AvgIpc) is 3.47. The fourth-order valence-corrected chi connectivity index (χ4v) is 5.41. The number of aryl methyl sites for hydroxylation is 2. The molecule has 0 spiro atoms. The number of H-pyrrole nitrogens is 1. The summed E-state index contributed by atoms with van der Waals surface area (Å²) in [6.07, 6.45) is 6.84. The van der Waals surface area contributed by atoms with Crippen LogP contribution in [0.2, 0.25) is 0 Å². The van der Waals surface area contributed by atoms with Gasteiger partial charge in [-0.05, 0) is 42.9 Å². The number of anilines is 2. The van der Waals surface area contributed by atoms with E-state index >= 15 is 0 Å². The van der Waals surface area contributed by atoms with Crippen LogP contribution in [0, 0.1) is 5.92 Å². The van der Waals surface area contributed by atoms with Crippen molar-refractivity contribution in [3.63, 3.8) is 0 Å². The van der Waals surface area contributed by atoms with Crippen molar-refractivity contribution in [1.29, 1.82) is 0 Å². The van der Waals surface area contributed by atoms with Crippen molar-refractivity contribution < 1.29 is 4.74 Å². The third-order valence-corrected chi connectivity index (χ3v) is 7.15. The lowest BCUT2D eigenvalue weighted by molar-refractivity contribution is 0.122. The SMILES string of the molecule is CCCc1nn(C)c2c(=O)[nH]c(N(Cc3cccc(N4CCOCC4)c3)CC3CCCC3)nc12. The summed E-state index contributed by atoms with van der Waals surface area (Å²) in [6.45, 7) is 7.13. The summed E-state index contributed by atoms with van der Waals surface area (Å²) in [5.41, 5.74) is 4.54. The van der Waals surface area contributed by atoms with E-state index in [0.29, 0.717) is 23.9 Å². The normalized spacial score (nSPS) is 17.1. The first-order valence-corrected chi connectivity index (χ1v) is 12.7. The number of nitrogens with zero attached hydrogens (tertiary/aromatic N) is 5. The maximum absolute atomic E-state index is 13.1. The van der Waals surface area contributed by atoms with Crippen LogP contribution in [0.15, 0.2) is 29.1 Å². The van der Waals surface area contributed by atoms with Crippen LogP contribution in [-0.2, 0) is 24.8 Å². The van der Waals surface area contributed by atoms with Crippen LogP contribution in [0.3, 0.4) is 0 Å². The van der Waals surface area contributed by atoms with Crippen molar-refractivity contribution in [3.05, 3.63) is 45.9 Å². The molecule has 3 heterocycles. The lowest BCUT2D eigenvalue weighted by atomic mass is 10.1. The first-order chi connectivity index (χ1) is 16.6. The highest BCUT2D eigenvalue weighted by molar-refractivity contribution is 5.77. The molecule has 1 aromatic carbocycles. The van der Waals surface area contributed by atoms with Gasteiger partial charge < -0.3 is 14.5 Å². The molecule has 2 aliphatic rings. The van der Waals surface area contributed by atoms with Crippen LogP contribution in [0.1, 0.15) is 50.3 Å². The van der Waals surface area contributed by atoms with Crippen molar-refractivity contribution in [2.45, 2.75) is 52.0 Å². The summed E-state index contributed by atoms with van der Waals surface area (Å²) in [4.78, 5) is 25.8. The van der Waals surface area contributed by atoms with Gasteiger partial charge in [0.15, 0.2) is 5.52 Å². The van der Waals surface area contributed by atoms with Gasteiger partial charge in [-0.25, -0.2) is 4.98 Å². The second-order valence-corrected chi connectivity index (χ2v) is 9.71. The van der Waals surface area contributed by atoms with Crippen LogP contribution >= 0.6 is 0 Å². The molecule has 1 aliphatic carbocycles. The van der Waals surface area contributed by atoms with Gasteiger partial charge in [-0.2, -0.15) is 5.10 Å². The Kier molecular flexibility index (Phi) is 6.85. The summed E-state index contributed by atoms with van der Waals surface area (Å²) in [5, 5.41) is 4.59. The highest BCUT2D eigenvalue weighted by atomic mass is 16.5. The van der Waals surface area contributed by atoms with E-state index in [0.717, 1.165) is 56.9 Å². The van der Waals surface area contributed by atoms with Gasteiger partial charge in [0, 0.05) is 38.9 Å². The number of hydrogen-bond donors (Lipinski definition) is 1. The van der Waals surface area contributed by atoms with Crippen molar-refractivity contribution >= 4 is 22.7 Å². The predicted molar refractivity (Wildman–Crippen MR) is 136 cm³/mol. The summed E-state index contributed by atoms with van der Waals surface area (Å²) in [5.74, 6) is 1.29. The molecular formula is C26H36N6O2. The monoisotopic (exact) mass is 464 g/mol. The van der Waals surface area contributed by atoms with Gasteiger partial charge in [0.25, 0.3) is 5.56 Å². The number of morpholine rings is 1. The number of fused-ring (bicyclic) bond motifs is 1.